The minimum Gasteiger partial charge on any atom is -0.308 e. The highest BCUT2D eigenvalue weighted by Gasteiger charge is 2.16. The number of nitrogens with zero attached hydrogens (tertiary/aromatic N) is 5. The van der Waals surface area contributed by atoms with Gasteiger partial charge in [-0.1, -0.05) is 11.8 Å². The molecule has 0 unspecified atom stereocenters. The van der Waals surface area contributed by atoms with Crippen LogP contribution in [-0.4, -0.2) is 51.0 Å². The Morgan fingerprint density at radius 3 is 2.86 bits per heavy atom. The van der Waals surface area contributed by atoms with Gasteiger partial charge in [-0.25, -0.2) is 14.1 Å². The van der Waals surface area contributed by atoms with Crippen molar-refractivity contribution in [3.63, 3.8) is 0 Å². The van der Waals surface area contributed by atoms with Crippen molar-refractivity contribution < 1.29 is 0 Å². The van der Waals surface area contributed by atoms with Crippen molar-refractivity contribution in [2.45, 2.75) is 18.6 Å². The molecule has 0 saturated heterocycles. The van der Waals surface area contributed by atoms with Gasteiger partial charge in [0.25, 0.3) is 5.56 Å². The van der Waals surface area contributed by atoms with E-state index in [1.807, 2.05) is 38.0 Å². The molecule has 3 aromatic heterocycles. The first-order valence-corrected chi connectivity index (χ1v) is 8.64. The molecule has 3 aromatic rings. The Bertz CT molecular complexity index is 861. The van der Waals surface area contributed by atoms with Crippen molar-refractivity contribution in [2.75, 3.05) is 26.9 Å². The minimum absolute atomic E-state index is 0.0280. The molecule has 0 bridgehead atoms. The highest BCUT2D eigenvalue weighted by molar-refractivity contribution is 7.98. The topological polar surface area (TPSA) is 55.4 Å². The van der Waals surface area contributed by atoms with E-state index < -0.39 is 0 Å². The van der Waals surface area contributed by atoms with Crippen LogP contribution in [0.1, 0.15) is 4.88 Å². The Morgan fingerprint density at radius 1 is 1.43 bits per heavy atom. The zero-order valence-electron chi connectivity index (χ0n) is 12.5. The van der Waals surface area contributed by atoms with Gasteiger partial charge in [0.1, 0.15) is 4.83 Å². The van der Waals surface area contributed by atoms with Crippen LogP contribution in [0.3, 0.4) is 0 Å². The van der Waals surface area contributed by atoms with E-state index in [1.54, 1.807) is 15.7 Å². The molecule has 0 radical (unpaired) electrons. The molecule has 3 rings (SSSR count). The summed E-state index contributed by atoms with van der Waals surface area (Å²) >= 11 is 3.01. The number of aromatic nitrogens is 4. The van der Waals surface area contributed by atoms with Crippen molar-refractivity contribution in [1.29, 1.82) is 0 Å². The van der Waals surface area contributed by atoms with E-state index in [0.717, 1.165) is 16.3 Å². The Hall–Kier alpha value is -1.38. The molecular formula is C13H17N5OS2. The maximum absolute atomic E-state index is 12.7. The lowest BCUT2D eigenvalue weighted by atomic mass is 10.4. The van der Waals surface area contributed by atoms with Gasteiger partial charge in [0.15, 0.2) is 5.16 Å². The van der Waals surface area contributed by atoms with E-state index >= 15 is 0 Å². The second-order valence-electron chi connectivity index (χ2n) is 5.14. The highest BCUT2D eigenvalue weighted by Crippen LogP contribution is 2.22. The van der Waals surface area contributed by atoms with E-state index in [1.165, 1.54) is 11.8 Å². The number of fused-ring (bicyclic) bond motifs is 2. The Labute approximate surface area is 130 Å². The SMILES string of the molecule is CSc1nn(CCN(C)C)c2nc3sc(C)cc3c(=O)n12. The van der Waals surface area contributed by atoms with Crippen LogP contribution in [0, 0.1) is 6.92 Å². The molecule has 0 spiro atoms. The number of aryl methyl sites for hydroxylation is 1. The van der Waals surface area contributed by atoms with Gasteiger partial charge in [-0.15, -0.1) is 16.4 Å². The lowest BCUT2D eigenvalue weighted by Crippen LogP contribution is -2.20. The van der Waals surface area contributed by atoms with Gasteiger partial charge in [0.2, 0.25) is 5.78 Å². The van der Waals surface area contributed by atoms with Crippen LogP contribution in [-0.2, 0) is 6.54 Å². The highest BCUT2D eigenvalue weighted by atomic mass is 32.2. The van der Waals surface area contributed by atoms with Crippen LogP contribution < -0.4 is 5.56 Å². The largest absolute Gasteiger partial charge is 0.308 e. The third-order valence-electron chi connectivity index (χ3n) is 3.24. The summed E-state index contributed by atoms with van der Waals surface area (Å²) in [6, 6.07) is 1.91. The van der Waals surface area contributed by atoms with Gasteiger partial charge in [-0.05, 0) is 33.3 Å². The fourth-order valence-electron chi connectivity index (χ4n) is 2.21. The molecule has 0 fully saturated rings. The van der Waals surface area contributed by atoms with Crippen molar-refractivity contribution in [3.05, 3.63) is 21.3 Å². The Balaban J connectivity index is 2.28. The maximum atomic E-state index is 12.7. The third kappa shape index (κ3) is 2.47. The molecule has 0 saturated carbocycles. The Kier molecular flexibility index (Phi) is 3.76. The van der Waals surface area contributed by atoms with Crippen molar-refractivity contribution in [3.8, 4) is 0 Å². The molecule has 112 valence electrons. The van der Waals surface area contributed by atoms with Crippen LogP contribution in [0.2, 0.25) is 0 Å². The van der Waals surface area contributed by atoms with Crippen LogP contribution in [0.4, 0.5) is 0 Å². The predicted molar refractivity (Wildman–Crippen MR) is 87.7 cm³/mol. The van der Waals surface area contributed by atoms with Gasteiger partial charge in [-0.3, -0.25) is 4.79 Å². The number of rotatable bonds is 4. The van der Waals surface area contributed by atoms with E-state index in [2.05, 4.69) is 15.0 Å². The summed E-state index contributed by atoms with van der Waals surface area (Å²) in [4.78, 5) is 21.3. The van der Waals surface area contributed by atoms with E-state index in [0.29, 0.717) is 22.9 Å². The molecule has 0 atom stereocenters. The van der Waals surface area contributed by atoms with Gasteiger partial charge in [0.05, 0.1) is 11.9 Å². The van der Waals surface area contributed by atoms with Crippen molar-refractivity contribution >= 4 is 39.1 Å². The smallest absolute Gasteiger partial charge is 0.270 e. The van der Waals surface area contributed by atoms with E-state index in [9.17, 15) is 4.79 Å². The molecule has 0 aliphatic rings. The summed E-state index contributed by atoms with van der Waals surface area (Å²) in [6.07, 6.45) is 1.92. The fraction of sp³-hybridized carbons (Fsp3) is 0.462. The average Bonchev–Trinajstić information content (AvgIpc) is 2.97. The monoisotopic (exact) mass is 323 g/mol. The van der Waals surface area contributed by atoms with Gasteiger partial charge in [0, 0.05) is 11.4 Å². The number of hydrogen-bond acceptors (Lipinski definition) is 6. The molecule has 0 amide bonds. The van der Waals surface area contributed by atoms with Gasteiger partial charge < -0.3 is 4.90 Å². The summed E-state index contributed by atoms with van der Waals surface area (Å²) in [5, 5.41) is 5.89. The second-order valence-corrected chi connectivity index (χ2v) is 7.15. The van der Waals surface area contributed by atoms with Gasteiger partial charge >= 0.3 is 0 Å². The summed E-state index contributed by atoms with van der Waals surface area (Å²) in [7, 11) is 4.03. The van der Waals surface area contributed by atoms with Crippen molar-refractivity contribution in [1.82, 2.24) is 24.1 Å². The Morgan fingerprint density at radius 2 is 2.19 bits per heavy atom. The van der Waals surface area contributed by atoms with Crippen LogP contribution in [0.15, 0.2) is 16.0 Å². The summed E-state index contributed by atoms with van der Waals surface area (Å²) < 4.78 is 3.44. The lowest BCUT2D eigenvalue weighted by molar-refractivity contribution is 0.374. The van der Waals surface area contributed by atoms with Crippen LogP contribution in [0.25, 0.3) is 16.0 Å². The first kappa shape index (κ1) is 14.6. The summed E-state index contributed by atoms with van der Waals surface area (Å²) in [5.74, 6) is 0.626. The summed E-state index contributed by atoms with van der Waals surface area (Å²) in [5.41, 5.74) is -0.0280. The predicted octanol–water partition coefficient (Wildman–Crippen LogP) is 1.70. The molecule has 0 aliphatic carbocycles. The molecule has 6 nitrogen and oxygen atoms in total. The normalized spacial score (nSPS) is 12.0. The lowest BCUT2D eigenvalue weighted by Gasteiger charge is -2.08. The quantitative estimate of drug-likeness (QED) is 0.684. The summed E-state index contributed by atoms with van der Waals surface area (Å²) in [6.45, 7) is 3.55. The van der Waals surface area contributed by atoms with Crippen molar-refractivity contribution in [2.24, 2.45) is 0 Å². The minimum atomic E-state index is -0.0280. The molecular weight excluding hydrogens is 306 g/mol. The first-order chi connectivity index (χ1) is 10.0. The van der Waals surface area contributed by atoms with Crippen LogP contribution >= 0.6 is 23.1 Å². The third-order valence-corrected chi connectivity index (χ3v) is 4.81. The molecule has 0 aromatic carbocycles. The maximum Gasteiger partial charge on any atom is 0.270 e. The first-order valence-electron chi connectivity index (χ1n) is 6.59. The standard InChI is InChI=1S/C13H17N5OS2/c1-8-7-9-10(21-8)14-12-17(6-5-16(2)3)15-13(20-4)18(12)11(9)19/h7H,5-6H2,1-4H3. The molecule has 3 heterocycles. The van der Waals surface area contributed by atoms with Crippen LogP contribution in [0.5, 0.6) is 0 Å². The zero-order chi connectivity index (χ0) is 15.1. The number of likely N-dealkylation sites (N-methyl/N-ethyl adjacent to an activating group) is 1. The molecule has 21 heavy (non-hydrogen) atoms. The molecule has 0 N–H and O–H groups in total. The fourth-order valence-corrected chi connectivity index (χ4v) is 3.60. The van der Waals surface area contributed by atoms with E-state index in [4.69, 9.17) is 0 Å². The van der Waals surface area contributed by atoms with E-state index in [-0.39, 0.29) is 5.56 Å². The number of hydrogen-bond donors (Lipinski definition) is 0. The van der Waals surface area contributed by atoms with Gasteiger partial charge in [-0.2, -0.15) is 0 Å². The molecule has 0 aliphatic heterocycles. The average molecular weight is 323 g/mol. The number of thiophene rings is 1. The zero-order valence-corrected chi connectivity index (χ0v) is 14.1. The number of thioether (sulfide) groups is 1. The second kappa shape index (κ2) is 5.43. The molecule has 8 heteroatoms.